The first kappa shape index (κ1) is 12.7. The average Bonchev–Trinajstić information content (AvgIpc) is 2.30. The maximum Gasteiger partial charge on any atom is 0.0772 e. The van der Waals surface area contributed by atoms with Crippen LogP contribution in [0.1, 0.15) is 13.3 Å². The lowest BCUT2D eigenvalue weighted by Gasteiger charge is -2.38. The summed E-state index contributed by atoms with van der Waals surface area (Å²) in [6, 6.07) is 6.06. The molecule has 4 heteroatoms. The van der Waals surface area contributed by atoms with Crippen molar-refractivity contribution in [2.24, 2.45) is 5.92 Å². The van der Waals surface area contributed by atoms with Crippen molar-refractivity contribution in [1.29, 1.82) is 0 Å². The minimum Gasteiger partial charge on any atom is -0.397 e. The molecule has 0 spiro atoms. The van der Waals surface area contributed by atoms with E-state index in [1.807, 2.05) is 12.1 Å². The first-order valence-corrected chi connectivity index (χ1v) is 6.74. The lowest BCUT2D eigenvalue weighted by molar-refractivity contribution is 0.0499. The second-order valence-electron chi connectivity index (χ2n) is 4.69. The van der Waals surface area contributed by atoms with Crippen LogP contribution < -0.4 is 10.6 Å². The van der Waals surface area contributed by atoms with Crippen LogP contribution in [0, 0.1) is 5.92 Å². The number of methoxy groups -OCH3 is 1. The predicted octanol–water partition coefficient (Wildman–Crippen LogP) is 2.89. The number of piperidine rings is 1. The third-order valence-corrected chi connectivity index (χ3v) is 4.02. The van der Waals surface area contributed by atoms with Crippen molar-refractivity contribution < 1.29 is 4.74 Å². The van der Waals surface area contributed by atoms with Crippen molar-refractivity contribution in [3.05, 3.63) is 22.7 Å². The largest absolute Gasteiger partial charge is 0.397 e. The molecule has 1 aromatic rings. The van der Waals surface area contributed by atoms with Crippen molar-refractivity contribution in [3.63, 3.8) is 0 Å². The topological polar surface area (TPSA) is 38.5 Å². The highest BCUT2D eigenvalue weighted by Gasteiger charge is 2.26. The molecule has 2 N–H and O–H groups in total. The molecule has 0 amide bonds. The van der Waals surface area contributed by atoms with Gasteiger partial charge >= 0.3 is 0 Å². The van der Waals surface area contributed by atoms with Gasteiger partial charge < -0.3 is 15.4 Å². The second kappa shape index (κ2) is 5.27. The number of hydrogen-bond acceptors (Lipinski definition) is 3. The Morgan fingerprint density at radius 2 is 2.24 bits per heavy atom. The van der Waals surface area contributed by atoms with Crippen LogP contribution in [-0.2, 0) is 4.74 Å². The first-order chi connectivity index (χ1) is 8.11. The highest BCUT2D eigenvalue weighted by Crippen LogP contribution is 2.30. The Morgan fingerprint density at radius 3 is 2.88 bits per heavy atom. The molecule has 2 unspecified atom stereocenters. The van der Waals surface area contributed by atoms with Crippen LogP contribution in [0.4, 0.5) is 11.4 Å². The van der Waals surface area contributed by atoms with Crippen LogP contribution in [0.25, 0.3) is 0 Å². The molecule has 1 fully saturated rings. The van der Waals surface area contributed by atoms with Crippen LogP contribution in [0.15, 0.2) is 22.7 Å². The number of anilines is 2. The van der Waals surface area contributed by atoms with E-state index in [1.54, 1.807) is 7.11 Å². The molecule has 94 valence electrons. The van der Waals surface area contributed by atoms with Crippen LogP contribution in [-0.4, -0.2) is 26.3 Å². The van der Waals surface area contributed by atoms with Crippen molar-refractivity contribution in [2.45, 2.75) is 19.4 Å². The SMILES string of the molecule is COC1CN(c2ccc(Br)cc2N)CCC1C. The molecule has 0 radical (unpaired) electrons. The molecule has 0 aliphatic carbocycles. The van der Waals surface area contributed by atoms with Crippen LogP contribution in [0.2, 0.25) is 0 Å². The summed E-state index contributed by atoms with van der Waals surface area (Å²) in [5.74, 6) is 0.618. The smallest absolute Gasteiger partial charge is 0.0772 e. The molecule has 1 aliphatic heterocycles. The Hall–Kier alpha value is -0.740. The van der Waals surface area contributed by atoms with E-state index < -0.39 is 0 Å². The number of hydrogen-bond donors (Lipinski definition) is 1. The van der Waals surface area contributed by atoms with E-state index in [1.165, 1.54) is 0 Å². The molecular formula is C13H19BrN2O. The predicted molar refractivity (Wildman–Crippen MR) is 75.3 cm³/mol. The fourth-order valence-electron chi connectivity index (χ4n) is 2.37. The third kappa shape index (κ3) is 2.75. The fourth-order valence-corrected chi connectivity index (χ4v) is 2.75. The molecule has 0 aromatic heterocycles. The lowest BCUT2D eigenvalue weighted by Crippen LogP contribution is -2.44. The van der Waals surface area contributed by atoms with Crippen molar-refractivity contribution in [1.82, 2.24) is 0 Å². The Labute approximate surface area is 111 Å². The number of nitrogens with zero attached hydrogens (tertiary/aromatic N) is 1. The van der Waals surface area contributed by atoms with Gasteiger partial charge in [-0.1, -0.05) is 22.9 Å². The molecule has 17 heavy (non-hydrogen) atoms. The number of halogens is 1. The molecule has 2 rings (SSSR count). The van der Waals surface area contributed by atoms with Gasteiger partial charge in [-0.15, -0.1) is 0 Å². The fraction of sp³-hybridized carbons (Fsp3) is 0.538. The van der Waals surface area contributed by atoms with E-state index in [2.05, 4.69) is 33.8 Å². The maximum absolute atomic E-state index is 6.06. The van der Waals surface area contributed by atoms with Gasteiger partial charge in [0, 0.05) is 24.7 Å². The maximum atomic E-state index is 6.06. The zero-order chi connectivity index (χ0) is 12.4. The van der Waals surface area contributed by atoms with Crippen molar-refractivity contribution in [2.75, 3.05) is 30.8 Å². The molecule has 2 atom stereocenters. The molecular weight excluding hydrogens is 280 g/mol. The van der Waals surface area contributed by atoms with Gasteiger partial charge in [-0.3, -0.25) is 0 Å². The summed E-state index contributed by atoms with van der Waals surface area (Å²) >= 11 is 3.43. The van der Waals surface area contributed by atoms with Gasteiger partial charge in [0.15, 0.2) is 0 Å². The summed E-state index contributed by atoms with van der Waals surface area (Å²) < 4.78 is 6.55. The Bertz CT molecular complexity index is 397. The summed E-state index contributed by atoms with van der Waals surface area (Å²) in [4.78, 5) is 2.32. The third-order valence-electron chi connectivity index (χ3n) is 3.52. The Kier molecular flexibility index (Phi) is 3.94. The van der Waals surface area contributed by atoms with E-state index in [-0.39, 0.29) is 0 Å². The van der Waals surface area contributed by atoms with Crippen molar-refractivity contribution in [3.8, 4) is 0 Å². The lowest BCUT2D eigenvalue weighted by atomic mass is 9.95. The molecule has 1 aliphatic rings. The quantitative estimate of drug-likeness (QED) is 0.853. The van der Waals surface area contributed by atoms with Crippen LogP contribution in [0.5, 0.6) is 0 Å². The van der Waals surface area contributed by atoms with Crippen molar-refractivity contribution >= 4 is 27.3 Å². The van der Waals surface area contributed by atoms with Crippen LogP contribution >= 0.6 is 15.9 Å². The minimum absolute atomic E-state index is 0.298. The zero-order valence-corrected chi connectivity index (χ0v) is 11.9. The van der Waals surface area contributed by atoms with Gasteiger partial charge in [-0.25, -0.2) is 0 Å². The van der Waals surface area contributed by atoms with E-state index >= 15 is 0 Å². The van der Waals surface area contributed by atoms with Gasteiger partial charge in [-0.2, -0.15) is 0 Å². The van der Waals surface area contributed by atoms with E-state index in [4.69, 9.17) is 10.5 Å². The van der Waals surface area contributed by atoms with Gasteiger partial charge in [0.05, 0.1) is 17.5 Å². The second-order valence-corrected chi connectivity index (χ2v) is 5.60. The number of nitrogen functional groups attached to an aromatic ring is 1. The normalized spacial score (nSPS) is 25.0. The van der Waals surface area contributed by atoms with E-state index in [0.717, 1.165) is 35.4 Å². The molecule has 1 aromatic carbocycles. The molecule has 0 saturated carbocycles. The first-order valence-electron chi connectivity index (χ1n) is 5.94. The summed E-state index contributed by atoms with van der Waals surface area (Å²) in [5, 5.41) is 0. The van der Waals surface area contributed by atoms with Gasteiger partial charge in [0.1, 0.15) is 0 Å². The number of ether oxygens (including phenoxy) is 1. The number of nitrogens with two attached hydrogens (primary N) is 1. The van der Waals surface area contributed by atoms with Gasteiger partial charge in [0.25, 0.3) is 0 Å². The zero-order valence-electron chi connectivity index (χ0n) is 10.3. The van der Waals surface area contributed by atoms with Crippen LogP contribution in [0.3, 0.4) is 0 Å². The summed E-state index contributed by atoms with van der Waals surface area (Å²) in [6.07, 6.45) is 1.44. The molecule has 0 bridgehead atoms. The number of rotatable bonds is 2. The average molecular weight is 299 g/mol. The summed E-state index contributed by atoms with van der Waals surface area (Å²) in [7, 11) is 1.79. The van der Waals surface area contributed by atoms with Gasteiger partial charge in [-0.05, 0) is 30.5 Å². The van der Waals surface area contributed by atoms with Gasteiger partial charge in [0.2, 0.25) is 0 Å². The monoisotopic (exact) mass is 298 g/mol. The highest BCUT2D eigenvalue weighted by atomic mass is 79.9. The summed E-state index contributed by atoms with van der Waals surface area (Å²) in [5.41, 5.74) is 8.00. The molecule has 1 heterocycles. The van der Waals surface area contributed by atoms with E-state index in [9.17, 15) is 0 Å². The number of benzene rings is 1. The highest BCUT2D eigenvalue weighted by molar-refractivity contribution is 9.10. The standard InChI is InChI=1S/C13H19BrN2O/c1-9-5-6-16(8-13(9)17-2)12-4-3-10(14)7-11(12)15/h3-4,7,9,13H,5-6,8,15H2,1-2H3. The minimum atomic E-state index is 0.298. The van der Waals surface area contributed by atoms with E-state index in [0.29, 0.717) is 12.0 Å². The summed E-state index contributed by atoms with van der Waals surface area (Å²) in [6.45, 7) is 4.22. The molecule has 3 nitrogen and oxygen atoms in total. The Morgan fingerprint density at radius 1 is 1.47 bits per heavy atom. The molecule has 1 saturated heterocycles. The Balaban J connectivity index is 2.17.